The third kappa shape index (κ3) is 4.46. The molecule has 2 atom stereocenters. The molecule has 2 aliphatic carbocycles. The summed E-state index contributed by atoms with van der Waals surface area (Å²) in [5.74, 6) is 1.67. The fraction of sp³-hybridized carbons (Fsp3) is 1.00. The molecule has 2 rings (SSSR count). The molecular formula is C17H33NO. The van der Waals surface area contributed by atoms with Gasteiger partial charge in [0.1, 0.15) is 0 Å². The van der Waals surface area contributed by atoms with Gasteiger partial charge in [-0.2, -0.15) is 0 Å². The largest absolute Gasteiger partial charge is 0.389 e. The van der Waals surface area contributed by atoms with E-state index in [-0.39, 0.29) is 0 Å². The highest BCUT2D eigenvalue weighted by molar-refractivity contribution is 4.92. The average molecular weight is 267 g/mol. The second-order valence-corrected chi connectivity index (χ2v) is 8.38. The van der Waals surface area contributed by atoms with Gasteiger partial charge >= 0.3 is 0 Å². The van der Waals surface area contributed by atoms with Crippen molar-refractivity contribution in [3.8, 4) is 0 Å². The van der Waals surface area contributed by atoms with Gasteiger partial charge in [0.2, 0.25) is 0 Å². The Labute approximate surface area is 119 Å². The summed E-state index contributed by atoms with van der Waals surface area (Å²) in [6.07, 6.45) is 8.18. The van der Waals surface area contributed by atoms with E-state index in [0.717, 1.165) is 44.1 Å². The molecule has 2 nitrogen and oxygen atoms in total. The van der Waals surface area contributed by atoms with Crippen LogP contribution in [0.25, 0.3) is 0 Å². The minimum atomic E-state index is -0.445. The molecule has 0 aromatic carbocycles. The Kier molecular flexibility index (Phi) is 4.62. The Morgan fingerprint density at radius 1 is 0.947 bits per heavy atom. The first kappa shape index (κ1) is 15.3. The maximum absolute atomic E-state index is 10.7. The van der Waals surface area contributed by atoms with Crippen LogP contribution in [0.4, 0.5) is 0 Å². The van der Waals surface area contributed by atoms with E-state index in [0.29, 0.717) is 11.5 Å². The van der Waals surface area contributed by atoms with Gasteiger partial charge in [0, 0.05) is 12.6 Å². The molecule has 0 aliphatic heterocycles. The molecule has 0 spiro atoms. The monoisotopic (exact) mass is 267 g/mol. The van der Waals surface area contributed by atoms with Gasteiger partial charge in [0.25, 0.3) is 0 Å². The molecule has 0 bridgehead atoms. The van der Waals surface area contributed by atoms with E-state index in [2.05, 4.69) is 33.0 Å². The molecule has 0 heterocycles. The van der Waals surface area contributed by atoms with Crippen molar-refractivity contribution in [2.75, 3.05) is 6.54 Å². The summed E-state index contributed by atoms with van der Waals surface area (Å²) in [4.78, 5) is 0. The summed E-state index contributed by atoms with van der Waals surface area (Å²) in [7, 11) is 0. The molecule has 2 saturated carbocycles. The Morgan fingerprint density at radius 3 is 2.00 bits per heavy atom. The van der Waals surface area contributed by atoms with E-state index >= 15 is 0 Å². The van der Waals surface area contributed by atoms with Gasteiger partial charge in [-0.1, -0.05) is 27.7 Å². The fourth-order valence-electron chi connectivity index (χ4n) is 4.02. The number of aliphatic hydroxyl groups is 1. The van der Waals surface area contributed by atoms with Crippen LogP contribution in [0.1, 0.15) is 72.6 Å². The number of nitrogens with one attached hydrogen (secondary N) is 1. The minimum absolute atomic E-state index is 0.431. The van der Waals surface area contributed by atoms with Crippen molar-refractivity contribution in [3.63, 3.8) is 0 Å². The third-order valence-electron chi connectivity index (χ3n) is 5.43. The normalized spacial score (nSPS) is 38.1. The Morgan fingerprint density at radius 2 is 1.47 bits per heavy atom. The molecule has 19 heavy (non-hydrogen) atoms. The molecule has 0 saturated heterocycles. The average Bonchev–Trinajstić information content (AvgIpc) is 2.30. The fourth-order valence-corrected chi connectivity index (χ4v) is 4.02. The molecule has 0 radical (unpaired) electrons. The standard InChI is InChI=1S/C17H33NO/c1-13-9-14(2)11-15(10-13)18-12-17(19)7-5-16(3,4)6-8-17/h13-15,18-19H,5-12H2,1-4H3. The van der Waals surface area contributed by atoms with Crippen molar-refractivity contribution in [2.45, 2.75) is 84.3 Å². The van der Waals surface area contributed by atoms with Gasteiger partial charge in [-0.15, -0.1) is 0 Å². The highest BCUT2D eigenvalue weighted by Crippen LogP contribution is 2.40. The Balaban J connectivity index is 1.78. The van der Waals surface area contributed by atoms with Crippen LogP contribution in [-0.4, -0.2) is 23.3 Å². The first-order valence-corrected chi connectivity index (χ1v) is 8.24. The van der Waals surface area contributed by atoms with Crippen LogP contribution < -0.4 is 5.32 Å². The summed E-state index contributed by atoms with van der Waals surface area (Å²) in [6.45, 7) is 10.2. The van der Waals surface area contributed by atoms with Crippen LogP contribution in [0.15, 0.2) is 0 Å². The quantitative estimate of drug-likeness (QED) is 0.816. The van der Waals surface area contributed by atoms with Crippen LogP contribution in [0.5, 0.6) is 0 Å². The predicted molar refractivity (Wildman–Crippen MR) is 81.2 cm³/mol. The van der Waals surface area contributed by atoms with Gasteiger partial charge < -0.3 is 10.4 Å². The maximum atomic E-state index is 10.7. The second-order valence-electron chi connectivity index (χ2n) is 8.38. The predicted octanol–water partition coefficient (Wildman–Crippen LogP) is 3.73. The zero-order chi connectivity index (χ0) is 14.1. The van der Waals surface area contributed by atoms with Gasteiger partial charge in [-0.05, 0) is 62.2 Å². The second kappa shape index (κ2) is 5.73. The van der Waals surface area contributed by atoms with Gasteiger partial charge in [0.15, 0.2) is 0 Å². The molecule has 0 aromatic heterocycles. The van der Waals surface area contributed by atoms with Gasteiger partial charge in [-0.3, -0.25) is 0 Å². The smallest absolute Gasteiger partial charge is 0.0772 e. The summed E-state index contributed by atoms with van der Waals surface area (Å²) < 4.78 is 0. The molecule has 2 N–H and O–H groups in total. The summed E-state index contributed by atoms with van der Waals surface area (Å²) in [5, 5.41) is 14.4. The highest BCUT2D eigenvalue weighted by atomic mass is 16.3. The number of hydrogen-bond donors (Lipinski definition) is 2. The number of hydrogen-bond acceptors (Lipinski definition) is 2. The van der Waals surface area contributed by atoms with Crippen LogP contribution in [-0.2, 0) is 0 Å². The van der Waals surface area contributed by atoms with Crippen molar-refractivity contribution in [2.24, 2.45) is 17.3 Å². The molecule has 2 aliphatic rings. The van der Waals surface area contributed by atoms with Crippen LogP contribution in [0, 0.1) is 17.3 Å². The van der Waals surface area contributed by atoms with Crippen LogP contribution in [0.2, 0.25) is 0 Å². The van der Waals surface area contributed by atoms with E-state index < -0.39 is 5.60 Å². The SMILES string of the molecule is CC1CC(C)CC(NCC2(O)CCC(C)(C)CC2)C1. The van der Waals surface area contributed by atoms with Gasteiger partial charge in [0.05, 0.1) is 5.60 Å². The third-order valence-corrected chi connectivity index (χ3v) is 5.43. The molecule has 112 valence electrons. The van der Waals surface area contributed by atoms with Crippen molar-refractivity contribution in [3.05, 3.63) is 0 Å². The Hall–Kier alpha value is -0.0800. The summed E-state index contributed by atoms with van der Waals surface area (Å²) in [5.41, 5.74) is -0.0143. The summed E-state index contributed by atoms with van der Waals surface area (Å²) >= 11 is 0. The van der Waals surface area contributed by atoms with Gasteiger partial charge in [-0.25, -0.2) is 0 Å². The van der Waals surface area contributed by atoms with Crippen molar-refractivity contribution >= 4 is 0 Å². The molecular weight excluding hydrogens is 234 g/mol. The maximum Gasteiger partial charge on any atom is 0.0772 e. The first-order valence-electron chi connectivity index (χ1n) is 8.24. The molecule has 2 unspecified atom stereocenters. The zero-order valence-corrected chi connectivity index (χ0v) is 13.3. The molecule has 0 aromatic rings. The lowest BCUT2D eigenvalue weighted by Crippen LogP contribution is -2.49. The topological polar surface area (TPSA) is 32.3 Å². The molecule has 2 fully saturated rings. The van der Waals surface area contributed by atoms with Crippen LogP contribution >= 0.6 is 0 Å². The lowest BCUT2D eigenvalue weighted by Gasteiger charge is -2.42. The zero-order valence-electron chi connectivity index (χ0n) is 13.3. The molecule has 2 heteroatoms. The van der Waals surface area contributed by atoms with Crippen LogP contribution in [0.3, 0.4) is 0 Å². The first-order chi connectivity index (χ1) is 8.78. The lowest BCUT2D eigenvalue weighted by molar-refractivity contribution is -0.0276. The minimum Gasteiger partial charge on any atom is -0.389 e. The van der Waals surface area contributed by atoms with E-state index in [4.69, 9.17) is 0 Å². The van der Waals surface area contributed by atoms with Crippen molar-refractivity contribution in [1.29, 1.82) is 0 Å². The summed E-state index contributed by atoms with van der Waals surface area (Å²) in [6, 6.07) is 0.623. The van der Waals surface area contributed by atoms with E-state index in [1.165, 1.54) is 19.3 Å². The van der Waals surface area contributed by atoms with Crippen molar-refractivity contribution < 1.29 is 5.11 Å². The van der Waals surface area contributed by atoms with E-state index in [1.54, 1.807) is 0 Å². The number of rotatable bonds is 3. The highest BCUT2D eigenvalue weighted by Gasteiger charge is 2.37. The van der Waals surface area contributed by atoms with Crippen molar-refractivity contribution in [1.82, 2.24) is 5.32 Å². The van der Waals surface area contributed by atoms with E-state index in [1.807, 2.05) is 0 Å². The lowest BCUT2D eigenvalue weighted by atomic mass is 9.71. The van der Waals surface area contributed by atoms with E-state index in [9.17, 15) is 5.11 Å². The molecule has 0 amide bonds. The Bertz CT molecular complexity index is 280.